The second-order valence-electron chi connectivity index (χ2n) is 7.00. The fourth-order valence-corrected chi connectivity index (χ4v) is 3.17. The minimum absolute atomic E-state index is 0. The predicted molar refractivity (Wildman–Crippen MR) is 108 cm³/mol. The molecule has 2 heterocycles. The Kier molecular flexibility index (Phi) is 9.59. The quantitative estimate of drug-likeness (QED) is 0.728. The number of hydrogen-bond acceptors (Lipinski definition) is 4. The van der Waals surface area contributed by atoms with Crippen molar-refractivity contribution >= 4 is 24.3 Å². The highest BCUT2D eigenvalue weighted by Gasteiger charge is 2.22. The largest absolute Gasteiger partial charge is 0.349 e. The number of aryl methyl sites for hydroxylation is 1. The van der Waals surface area contributed by atoms with E-state index in [0.29, 0.717) is 13.1 Å². The number of urea groups is 1. The van der Waals surface area contributed by atoms with Gasteiger partial charge in [0.1, 0.15) is 0 Å². The molecule has 0 bridgehead atoms. The lowest BCUT2D eigenvalue weighted by Crippen LogP contribution is -2.42. The summed E-state index contributed by atoms with van der Waals surface area (Å²) in [6.45, 7) is 4.59. The highest BCUT2D eigenvalue weighted by atomic mass is 35.5. The Morgan fingerprint density at radius 3 is 2.70 bits per heavy atom. The molecule has 1 aliphatic heterocycles. The second-order valence-corrected chi connectivity index (χ2v) is 7.00. The van der Waals surface area contributed by atoms with Gasteiger partial charge in [-0.05, 0) is 26.0 Å². The summed E-state index contributed by atoms with van der Waals surface area (Å²) in [4.78, 5) is 28.0. The fraction of sp³-hybridized carbons (Fsp3) is 0.722. The summed E-state index contributed by atoms with van der Waals surface area (Å²) >= 11 is 0. The summed E-state index contributed by atoms with van der Waals surface area (Å²) in [5.74, 6) is 0.00792. The summed E-state index contributed by atoms with van der Waals surface area (Å²) in [5, 5.41) is 10.6. The highest BCUT2D eigenvalue weighted by molar-refractivity contribution is 5.85. The summed E-state index contributed by atoms with van der Waals surface area (Å²) in [5.41, 5.74) is 1.84. The number of carbonyl (C=O) groups is 2. The summed E-state index contributed by atoms with van der Waals surface area (Å²) in [6, 6.07) is 1.84. The van der Waals surface area contributed by atoms with E-state index >= 15 is 0 Å². The molecule has 0 saturated carbocycles. The molecule has 1 aromatic heterocycles. The molecule has 0 fully saturated rings. The molecule has 1 atom stereocenters. The number of likely N-dealkylation sites (N-methyl/N-ethyl adjacent to an activating group) is 1. The van der Waals surface area contributed by atoms with E-state index in [0.717, 1.165) is 50.2 Å². The minimum Gasteiger partial charge on any atom is -0.349 e. The van der Waals surface area contributed by atoms with Crippen molar-refractivity contribution in [1.82, 2.24) is 30.2 Å². The molecule has 1 aliphatic rings. The van der Waals surface area contributed by atoms with E-state index in [9.17, 15) is 9.59 Å². The van der Waals surface area contributed by atoms with Crippen molar-refractivity contribution in [2.45, 2.75) is 58.3 Å². The first-order valence-corrected chi connectivity index (χ1v) is 9.43. The van der Waals surface area contributed by atoms with Crippen LogP contribution in [0.2, 0.25) is 0 Å². The van der Waals surface area contributed by atoms with Gasteiger partial charge in [0.05, 0.1) is 30.5 Å². The number of nitrogens with zero attached hydrogens (tertiary/aromatic N) is 4. The first-order chi connectivity index (χ1) is 12.5. The van der Waals surface area contributed by atoms with Crippen LogP contribution in [0.3, 0.4) is 0 Å². The Labute approximate surface area is 168 Å². The van der Waals surface area contributed by atoms with Crippen molar-refractivity contribution in [2.75, 3.05) is 27.7 Å². The lowest BCUT2D eigenvalue weighted by Gasteiger charge is -2.24. The zero-order valence-corrected chi connectivity index (χ0v) is 17.6. The van der Waals surface area contributed by atoms with E-state index in [4.69, 9.17) is 0 Å². The second kappa shape index (κ2) is 11.1. The third-order valence-corrected chi connectivity index (χ3v) is 4.67. The molecule has 8 nitrogen and oxygen atoms in total. The minimum atomic E-state index is -0.163. The Bertz CT molecular complexity index is 619. The number of halogens is 1. The van der Waals surface area contributed by atoms with Crippen LogP contribution < -0.4 is 10.6 Å². The number of amides is 3. The molecule has 2 N–H and O–H groups in total. The van der Waals surface area contributed by atoms with Gasteiger partial charge >= 0.3 is 6.03 Å². The number of rotatable bonds is 7. The smallest absolute Gasteiger partial charge is 0.319 e. The van der Waals surface area contributed by atoms with Crippen LogP contribution in [-0.2, 0) is 24.4 Å². The molecular formula is C18H33ClN6O2. The zero-order valence-electron chi connectivity index (χ0n) is 16.8. The van der Waals surface area contributed by atoms with Crippen LogP contribution in [0.4, 0.5) is 4.79 Å². The number of aromatic nitrogens is 2. The van der Waals surface area contributed by atoms with Crippen molar-refractivity contribution < 1.29 is 9.59 Å². The number of unbranched alkanes of at least 4 members (excludes halogenated alkanes) is 1. The fourth-order valence-electron chi connectivity index (χ4n) is 3.17. The summed E-state index contributed by atoms with van der Waals surface area (Å²) in [7, 11) is 5.35. The van der Waals surface area contributed by atoms with Gasteiger partial charge in [-0.2, -0.15) is 5.10 Å². The first-order valence-electron chi connectivity index (χ1n) is 9.43. The van der Waals surface area contributed by atoms with Crippen LogP contribution in [0, 0.1) is 0 Å². The van der Waals surface area contributed by atoms with Crippen LogP contribution >= 0.6 is 12.4 Å². The van der Waals surface area contributed by atoms with E-state index in [1.165, 1.54) is 0 Å². The maximum Gasteiger partial charge on any atom is 0.319 e. The SMILES string of the molecule is CCCC[C@H](NC)C(=O)NCc1cc2n(n1)CCCN(C(=O)N(C)C)C2.Cl. The van der Waals surface area contributed by atoms with Crippen molar-refractivity contribution in [3.8, 4) is 0 Å². The van der Waals surface area contributed by atoms with Crippen LogP contribution in [0.25, 0.3) is 0 Å². The molecule has 154 valence electrons. The highest BCUT2D eigenvalue weighted by Crippen LogP contribution is 2.15. The van der Waals surface area contributed by atoms with Crippen LogP contribution in [0.1, 0.15) is 44.0 Å². The van der Waals surface area contributed by atoms with Gasteiger partial charge in [0.25, 0.3) is 0 Å². The average molecular weight is 401 g/mol. The lowest BCUT2D eigenvalue weighted by atomic mass is 10.1. The van der Waals surface area contributed by atoms with Gasteiger partial charge in [-0.1, -0.05) is 19.8 Å². The molecule has 0 saturated heterocycles. The van der Waals surface area contributed by atoms with Crippen LogP contribution in [0.5, 0.6) is 0 Å². The number of nitrogens with one attached hydrogen (secondary N) is 2. The van der Waals surface area contributed by atoms with E-state index < -0.39 is 0 Å². The predicted octanol–water partition coefficient (Wildman–Crippen LogP) is 1.59. The third kappa shape index (κ3) is 6.39. The Morgan fingerprint density at radius 2 is 2.07 bits per heavy atom. The normalized spacial score (nSPS) is 14.6. The molecular weight excluding hydrogens is 368 g/mol. The standard InChI is InChI=1S/C18H32N6O2.ClH/c1-5-6-8-16(19-2)17(25)20-12-14-11-15-13-23(18(26)22(3)4)9-7-10-24(15)21-14;/h11,16,19H,5-10,12-13H2,1-4H3,(H,20,25);1H/t16-;/m0./s1. The summed E-state index contributed by atoms with van der Waals surface area (Å²) < 4.78 is 1.96. The van der Waals surface area contributed by atoms with Crippen molar-refractivity contribution in [1.29, 1.82) is 0 Å². The molecule has 0 aliphatic carbocycles. The van der Waals surface area contributed by atoms with Crippen molar-refractivity contribution in [3.05, 3.63) is 17.5 Å². The van der Waals surface area contributed by atoms with Gasteiger partial charge in [0, 0.05) is 27.2 Å². The number of hydrogen-bond donors (Lipinski definition) is 2. The van der Waals surface area contributed by atoms with Crippen LogP contribution in [0.15, 0.2) is 6.07 Å². The third-order valence-electron chi connectivity index (χ3n) is 4.67. The molecule has 0 aromatic carbocycles. The maximum atomic E-state index is 12.3. The van der Waals surface area contributed by atoms with Crippen molar-refractivity contribution in [3.63, 3.8) is 0 Å². The first kappa shape index (κ1) is 23.2. The monoisotopic (exact) mass is 400 g/mol. The average Bonchev–Trinajstić information content (AvgIpc) is 2.90. The Morgan fingerprint density at radius 1 is 1.33 bits per heavy atom. The molecule has 1 aromatic rings. The van der Waals surface area contributed by atoms with Gasteiger partial charge in [-0.3, -0.25) is 9.48 Å². The van der Waals surface area contributed by atoms with Gasteiger partial charge < -0.3 is 20.4 Å². The van der Waals surface area contributed by atoms with E-state index in [1.807, 2.05) is 22.7 Å². The Balaban J connectivity index is 0.00000364. The molecule has 0 spiro atoms. The van der Waals surface area contributed by atoms with E-state index in [2.05, 4.69) is 22.7 Å². The van der Waals surface area contributed by atoms with Gasteiger partial charge in [0.2, 0.25) is 5.91 Å². The molecule has 0 unspecified atom stereocenters. The lowest BCUT2D eigenvalue weighted by molar-refractivity contribution is -0.123. The van der Waals surface area contributed by atoms with Gasteiger partial charge in [-0.25, -0.2) is 4.79 Å². The summed E-state index contributed by atoms with van der Waals surface area (Å²) in [6.07, 6.45) is 3.80. The molecule has 27 heavy (non-hydrogen) atoms. The van der Waals surface area contributed by atoms with Gasteiger partial charge in [-0.15, -0.1) is 12.4 Å². The molecule has 3 amide bonds. The number of fused-ring (bicyclic) bond motifs is 1. The van der Waals surface area contributed by atoms with Crippen molar-refractivity contribution in [2.24, 2.45) is 0 Å². The molecule has 9 heteroatoms. The Hall–Kier alpha value is -1.80. The van der Waals surface area contributed by atoms with Crippen LogP contribution in [-0.4, -0.2) is 65.2 Å². The maximum absolute atomic E-state index is 12.3. The van der Waals surface area contributed by atoms with E-state index in [1.54, 1.807) is 19.0 Å². The zero-order chi connectivity index (χ0) is 19.1. The number of carbonyl (C=O) groups excluding carboxylic acids is 2. The topological polar surface area (TPSA) is 82.5 Å². The van der Waals surface area contributed by atoms with E-state index in [-0.39, 0.29) is 30.4 Å². The molecule has 2 rings (SSSR count). The van der Waals surface area contributed by atoms with Gasteiger partial charge in [0.15, 0.2) is 0 Å². The molecule has 0 radical (unpaired) electrons.